The van der Waals surface area contributed by atoms with Gasteiger partial charge in [0.25, 0.3) is 0 Å². The molecular weight excluding hydrogens is 502 g/mol. The third-order valence-electron chi connectivity index (χ3n) is 8.41. The quantitative estimate of drug-likeness (QED) is 0.254. The minimum atomic E-state index is -0.224. The number of hydrogen-bond donors (Lipinski definition) is 1. The van der Waals surface area contributed by atoms with E-state index in [0.717, 1.165) is 62.5 Å². The predicted molar refractivity (Wildman–Crippen MR) is 160 cm³/mol. The summed E-state index contributed by atoms with van der Waals surface area (Å²) in [6, 6.07) is 16.9. The molecule has 206 valence electrons. The van der Waals surface area contributed by atoms with Crippen molar-refractivity contribution in [2.75, 3.05) is 33.8 Å². The van der Waals surface area contributed by atoms with E-state index in [4.69, 9.17) is 18.9 Å². The van der Waals surface area contributed by atoms with Gasteiger partial charge in [0.15, 0.2) is 28.8 Å². The first kappa shape index (κ1) is 26.1. The lowest BCUT2D eigenvalue weighted by Crippen LogP contribution is -2.27. The van der Waals surface area contributed by atoms with Crippen LogP contribution in [0.1, 0.15) is 61.6 Å². The van der Waals surface area contributed by atoms with Gasteiger partial charge in [0, 0.05) is 29.0 Å². The number of nitrogens with one attached hydrogen (secondary N) is 1. The van der Waals surface area contributed by atoms with Crippen molar-refractivity contribution >= 4 is 33.0 Å². The van der Waals surface area contributed by atoms with Crippen molar-refractivity contribution in [3.63, 3.8) is 0 Å². The molecule has 2 aliphatic rings. The van der Waals surface area contributed by atoms with Gasteiger partial charge < -0.3 is 24.3 Å². The van der Waals surface area contributed by atoms with Crippen molar-refractivity contribution in [1.29, 1.82) is 0 Å². The van der Waals surface area contributed by atoms with Crippen LogP contribution < -0.4 is 24.3 Å². The highest BCUT2D eigenvalue weighted by Crippen LogP contribution is 2.53. The van der Waals surface area contributed by atoms with E-state index in [1.807, 2.05) is 24.3 Å². The van der Waals surface area contributed by atoms with Crippen LogP contribution in [0.3, 0.4) is 0 Å². The number of methoxy groups -OCH3 is 4. The molecule has 6 nitrogen and oxygen atoms in total. The van der Waals surface area contributed by atoms with Gasteiger partial charge in [0.1, 0.15) is 0 Å². The zero-order chi connectivity index (χ0) is 28.1. The van der Waals surface area contributed by atoms with E-state index in [-0.39, 0.29) is 11.7 Å². The molecule has 6 heteroatoms. The molecule has 0 bridgehead atoms. The van der Waals surface area contributed by atoms with Gasteiger partial charge >= 0.3 is 0 Å². The molecule has 1 aliphatic carbocycles. The zero-order valence-corrected chi connectivity index (χ0v) is 23.9. The number of hydrogen-bond acceptors (Lipinski definition) is 6. The molecule has 4 aromatic rings. The number of fused-ring (bicyclic) bond motifs is 6. The summed E-state index contributed by atoms with van der Waals surface area (Å²) in [4.78, 5) is 13.6. The van der Waals surface area contributed by atoms with Crippen molar-refractivity contribution in [1.82, 2.24) is 0 Å². The van der Waals surface area contributed by atoms with Crippen molar-refractivity contribution in [3.05, 3.63) is 76.5 Å². The molecule has 0 radical (unpaired) electrons. The molecule has 6 rings (SSSR count). The van der Waals surface area contributed by atoms with E-state index < -0.39 is 0 Å². The molecule has 0 saturated heterocycles. The number of ether oxygens (including phenoxy) is 4. The maximum absolute atomic E-state index is 13.6. The van der Waals surface area contributed by atoms with Crippen molar-refractivity contribution in [2.24, 2.45) is 0 Å². The number of carbonyl (C=O) groups excluding carboxylic acids is 1. The van der Waals surface area contributed by atoms with Crippen LogP contribution >= 0.6 is 0 Å². The topological polar surface area (TPSA) is 66.0 Å². The summed E-state index contributed by atoms with van der Waals surface area (Å²) in [5.74, 6) is 2.98. The maximum Gasteiger partial charge on any atom is 0.161 e. The highest BCUT2D eigenvalue weighted by atomic mass is 16.5. The fourth-order valence-electron chi connectivity index (χ4n) is 6.38. The molecule has 1 atom stereocenters. The average Bonchev–Trinajstić information content (AvgIpc) is 2.98. The Bertz CT molecular complexity index is 1680. The second-order valence-corrected chi connectivity index (χ2v) is 10.8. The lowest BCUT2D eigenvalue weighted by atomic mass is 9.73. The summed E-state index contributed by atoms with van der Waals surface area (Å²) in [6.45, 7) is 4.39. The van der Waals surface area contributed by atoms with Crippen LogP contribution in [-0.4, -0.2) is 34.2 Å². The van der Waals surface area contributed by atoms with Gasteiger partial charge in [-0.05, 0) is 75.9 Å². The van der Waals surface area contributed by atoms with E-state index in [1.165, 1.54) is 5.56 Å². The number of rotatable bonds is 6. The lowest BCUT2D eigenvalue weighted by molar-refractivity contribution is -0.116. The Kier molecular flexibility index (Phi) is 6.57. The summed E-state index contributed by atoms with van der Waals surface area (Å²) in [7, 11) is 6.59. The van der Waals surface area contributed by atoms with E-state index in [1.54, 1.807) is 28.4 Å². The summed E-state index contributed by atoms with van der Waals surface area (Å²) < 4.78 is 22.9. The zero-order valence-electron chi connectivity index (χ0n) is 23.9. The Balaban J connectivity index is 1.77. The predicted octanol–water partition coefficient (Wildman–Crippen LogP) is 7.72. The van der Waals surface area contributed by atoms with Gasteiger partial charge in [-0.15, -0.1) is 0 Å². The van der Waals surface area contributed by atoms with Gasteiger partial charge in [-0.2, -0.15) is 0 Å². The highest BCUT2D eigenvalue weighted by molar-refractivity contribution is 6.19. The van der Waals surface area contributed by atoms with Gasteiger partial charge in [0.05, 0.1) is 34.1 Å². The third kappa shape index (κ3) is 3.96. The first-order valence-corrected chi connectivity index (χ1v) is 13.8. The van der Waals surface area contributed by atoms with Gasteiger partial charge in [0.2, 0.25) is 0 Å². The molecule has 0 aromatic heterocycles. The fourth-order valence-corrected chi connectivity index (χ4v) is 6.38. The molecule has 1 aliphatic heterocycles. The largest absolute Gasteiger partial charge is 0.493 e. The molecular formula is C34H35NO5. The molecule has 4 aromatic carbocycles. The minimum Gasteiger partial charge on any atom is -0.493 e. The van der Waals surface area contributed by atoms with E-state index in [9.17, 15) is 4.79 Å². The Hall–Kier alpha value is -4.19. The Labute approximate surface area is 234 Å². The average molecular weight is 538 g/mol. The lowest BCUT2D eigenvalue weighted by Gasteiger charge is -2.36. The fraction of sp³-hybridized carbons (Fsp3) is 0.324. The number of allylic oxidation sites excluding steroid dienone is 2. The number of carbonyl (C=O) groups is 1. The molecule has 0 saturated carbocycles. The smallest absolute Gasteiger partial charge is 0.161 e. The summed E-state index contributed by atoms with van der Waals surface area (Å²) in [5.41, 5.74) is 6.30. The monoisotopic (exact) mass is 537 g/mol. The van der Waals surface area contributed by atoms with Crippen LogP contribution in [0.2, 0.25) is 0 Å². The molecule has 0 amide bonds. The summed E-state index contributed by atoms with van der Waals surface area (Å²) in [6.07, 6.45) is 2.23. The van der Waals surface area contributed by atoms with Crippen molar-refractivity contribution in [2.45, 2.75) is 44.9 Å². The number of anilines is 1. The van der Waals surface area contributed by atoms with Crippen molar-refractivity contribution in [3.8, 4) is 23.0 Å². The molecule has 1 N–H and O–H groups in total. The Morgan fingerprint density at radius 3 is 1.80 bits per heavy atom. The summed E-state index contributed by atoms with van der Waals surface area (Å²) >= 11 is 0. The highest BCUT2D eigenvalue weighted by Gasteiger charge is 2.37. The SMILES string of the molecule is COc1cc2c3c(c4cc(OC)c(OC)cc4c2cc1OC)C(c1ccc(C(C)C)cc1)C1=C(CCCC1=O)N3. The number of ketones is 1. The van der Waals surface area contributed by atoms with E-state index >= 15 is 0 Å². The maximum atomic E-state index is 13.6. The Morgan fingerprint density at radius 1 is 0.725 bits per heavy atom. The second kappa shape index (κ2) is 10.1. The van der Waals surface area contributed by atoms with Crippen LogP contribution in [0.4, 0.5) is 5.69 Å². The van der Waals surface area contributed by atoms with E-state index in [0.29, 0.717) is 35.3 Å². The van der Waals surface area contributed by atoms with Gasteiger partial charge in [-0.3, -0.25) is 4.79 Å². The molecule has 0 fully saturated rings. The molecule has 1 unspecified atom stereocenters. The second-order valence-electron chi connectivity index (χ2n) is 10.8. The van der Waals surface area contributed by atoms with Crippen LogP contribution in [0.25, 0.3) is 21.5 Å². The normalized spacial score (nSPS) is 16.6. The summed E-state index contributed by atoms with van der Waals surface area (Å²) in [5, 5.41) is 7.73. The Morgan fingerprint density at radius 2 is 1.25 bits per heavy atom. The van der Waals surface area contributed by atoms with Gasteiger partial charge in [-0.25, -0.2) is 0 Å². The van der Waals surface area contributed by atoms with E-state index in [2.05, 4.69) is 43.4 Å². The standard InChI is InChI=1S/C34H35NO5/c1-18(2)19-10-12-20(13-11-19)31-32-23-16-29(39-5)27(37-3)14-21(23)22-15-28(38-4)30(40-6)17-24(22)34(32)35-25-8-7-9-26(36)33(25)31/h10-18,31,35H,7-9H2,1-6H3. The third-order valence-corrected chi connectivity index (χ3v) is 8.41. The van der Waals surface area contributed by atoms with Crippen molar-refractivity contribution < 1.29 is 23.7 Å². The number of Topliss-reactive ketones (excluding diaryl/α,β-unsaturated/α-hetero) is 1. The molecule has 40 heavy (non-hydrogen) atoms. The molecule has 1 heterocycles. The minimum absolute atomic E-state index is 0.207. The number of benzene rings is 4. The van der Waals surface area contributed by atoms with Crippen LogP contribution in [-0.2, 0) is 4.79 Å². The van der Waals surface area contributed by atoms with Crippen LogP contribution in [0, 0.1) is 0 Å². The van der Waals surface area contributed by atoms with Crippen LogP contribution in [0.5, 0.6) is 23.0 Å². The first-order chi connectivity index (χ1) is 19.4. The molecule has 0 spiro atoms. The first-order valence-electron chi connectivity index (χ1n) is 13.8. The van der Waals surface area contributed by atoms with Gasteiger partial charge in [-0.1, -0.05) is 38.1 Å². The van der Waals surface area contributed by atoms with Crippen LogP contribution in [0.15, 0.2) is 59.8 Å².